The van der Waals surface area contributed by atoms with E-state index in [-0.39, 0.29) is 18.2 Å². The van der Waals surface area contributed by atoms with Gasteiger partial charge >= 0.3 is 5.97 Å². The lowest BCUT2D eigenvalue weighted by atomic mass is 9.94. The molecule has 1 amide bonds. The summed E-state index contributed by atoms with van der Waals surface area (Å²) in [6, 6.07) is 12.4. The zero-order valence-electron chi connectivity index (χ0n) is 17.1. The Labute approximate surface area is 180 Å². The van der Waals surface area contributed by atoms with Crippen molar-refractivity contribution in [3.8, 4) is 5.75 Å². The molecule has 2 aromatic rings. The molecule has 1 atom stereocenters. The van der Waals surface area contributed by atoms with Crippen LogP contribution in [0, 0.1) is 11.3 Å². The molecule has 0 bridgehead atoms. The van der Waals surface area contributed by atoms with E-state index in [0.29, 0.717) is 56.4 Å². The number of nitrogens with one attached hydrogen (secondary N) is 2. The topological polar surface area (TPSA) is 112 Å². The fraction of sp³-hybridized carbons (Fsp3) is 0.348. The second-order valence-electron chi connectivity index (χ2n) is 7.78. The molecule has 8 heteroatoms. The predicted molar refractivity (Wildman–Crippen MR) is 115 cm³/mol. The lowest BCUT2D eigenvalue weighted by Gasteiger charge is -2.29. The van der Waals surface area contributed by atoms with Gasteiger partial charge in [-0.1, -0.05) is 12.1 Å². The van der Waals surface area contributed by atoms with Gasteiger partial charge in [-0.05, 0) is 42.3 Å². The minimum absolute atomic E-state index is 0.0574. The van der Waals surface area contributed by atoms with Crippen molar-refractivity contribution < 1.29 is 24.2 Å². The average Bonchev–Trinajstić information content (AvgIpc) is 2.78. The molecule has 31 heavy (non-hydrogen) atoms. The molecule has 2 aliphatic rings. The van der Waals surface area contributed by atoms with Gasteiger partial charge < -0.3 is 24.8 Å². The number of hydrogen-bond acceptors (Lipinski definition) is 5. The van der Waals surface area contributed by atoms with Crippen LogP contribution in [0.15, 0.2) is 42.5 Å². The third kappa shape index (κ3) is 5.03. The molecular weight excluding hydrogens is 398 g/mol. The molecule has 2 aliphatic heterocycles. The molecule has 0 aliphatic carbocycles. The van der Waals surface area contributed by atoms with E-state index in [1.807, 2.05) is 11.0 Å². The van der Waals surface area contributed by atoms with Crippen LogP contribution in [-0.4, -0.2) is 60.6 Å². The Bertz CT molecular complexity index is 983. The quantitative estimate of drug-likeness (QED) is 0.504. The third-order valence-corrected chi connectivity index (χ3v) is 5.51. The van der Waals surface area contributed by atoms with Crippen molar-refractivity contribution in [3.05, 3.63) is 59.2 Å². The van der Waals surface area contributed by atoms with E-state index in [1.54, 1.807) is 36.4 Å². The number of morpholine rings is 1. The van der Waals surface area contributed by atoms with Crippen LogP contribution in [0.3, 0.4) is 0 Å². The van der Waals surface area contributed by atoms with E-state index in [1.165, 1.54) is 0 Å². The van der Waals surface area contributed by atoms with Gasteiger partial charge in [-0.25, -0.2) is 0 Å². The number of anilines is 1. The number of carbonyl (C=O) groups is 2. The van der Waals surface area contributed by atoms with Crippen LogP contribution in [0.25, 0.3) is 0 Å². The first-order valence-corrected chi connectivity index (χ1v) is 10.3. The minimum Gasteiger partial charge on any atom is -0.493 e. The van der Waals surface area contributed by atoms with Crippen LogP contribution in [0.5, 0.6) is 5.75 Å². The van der Waals surface area contributed by atoms with Gasteiger partial charge in [0.05, 0.1) is 26.2 Å². The summed E-state index contributed by atoms with van der Waals surface area (Å²) < 4.78 is 11.0. The van der Waals surface area contributed by atoms with E-state index in [4.69, 9.17) is 20.0 Å². The predicted octanol–water partition coefficient (Wildman–Crippen LogP) is 2.62. The number of benzene rings is 2. The number of aliphatic carboxylic acids is 1. The number of nitrogens with zero attached hydrogens (tertiary/aromatic N) is 1. The van der Waals surface area contributed by atoms with Gasteiger partial charge in [-0.15, -0.1) is 0 Å². The lowest BCUT2D eigenvalue weighted by Crippen LogP contribution is -2.40. The number of rotatable bonds is 5. The molecule has 162 valence electrons. The molecule has 1 saturated heterocycles. The molecule has 4 rings (SSSR count). The maximum Gasteiger partial charge on any atom is 0.303 e. The summed E-state index contributed by atoms with van der Waals surface area (Å²) in [7, 11) is 0. The van der Waals surface area contributed by atoms with E-state index in [9.17, 15) is 9.59 Å². The van der Waals surface area contributed by atoms with Crippen molar-refractivity contribution in [2.45, 2.75) is 12.8 Å². The zero-order chi connectivity index (χ0) is 21.8. The highest BCUT2D eigenvalue weighted by molar-refractivity contribution is 6.05. The fourth-order valence-corrected chi connectivity index (χ4v) is 3.87. The second-order valence-corrected chi connectivity index (χ2v) is 7.78. The summed E-state index contributed by atoms with van der Waals surface area (Å²) in [5, 5.41) is 20.2. The number of amides is 1. The van der Waals surface area contributed by atoms with Gasteiger partial charge in [0.2, 0.25) is 0 Å². The summed E-state index contributed by atoms with van der Waals surface area (Å²) >= 11 is 0. The summed E-state index contributed by atoms with van der Waals surface area (Å²) in [6.45, 7) is 3.00. The standard InChI is InChI=1S/C23H25N3O5/c24-22(26-7-9-30-10-8-26)16-1-3-17(4-2-16)23(29)25-19-5-6-20-18(13-19)11-15(14-31-20)12-21(27)28/h1-6,13,15,24H,7-12,14H2,(H,25,29)(H,27,28). The van der Waals surface area contributed by atoms with Crippen molar-refractivity contribution >= 4 is 23.4 Å². The Morgan fingerprint density at radius 2 is 1.81 bits per heavy atom. The number of amidine groups is 1. The number of carboxylic acid groups (broad SMARTS) is 1. The van der Waals surface area contributed by atoms with Gasteiger partial charge in [0, 0.05) is 35.8 Å². The summed E-state index contributed by atoms with van der Waals surface area (Å²) in [4.78, 5) is 25.6. The van der Waals surface area contributed by atoms with Crippen molar-refractivity contribution in [2.24, 2.45) is 5.92 Å². The molecule has 0 spiro atoms. The zero-order valence-corrected chi connectivity index (χ0v) is 17.1. The van der Waals surface area contributed by atoms with Crippen LogP contribution in [-0.2, 0) is 16.0 Å². The molecule has 2 aromatic carbocycles. The fourth-order valence-electron chi connectivity index (χ4n) is 3.87. The van der Waals surface area contributed by atoms with Gasteiger partial charge in [0.25, 0.3) is 5.91 Å². The van der Waals surface area contributed by atoms with Gasteiger partial charge in [-0.3, -0.25) is 15.0 Å². The molecule has 8 nitrogen and oxygen atoms in total. The molecular formula is C23H25N3O5. The first-order chi connectivity index (χ1) is 15.0. The van der Waals surface area contributed by atoms with E-state index in [2.05, 4.69) is 5.32 Å². The number of ether oxygens (including phenoxy) is 2. The number of carboxylic acids is 1. The highest BCUT2D eigenvalue weighted by atomic mass is 16.5. The first kappa shape index (κ1) is 20.9. The Balaban J connectivity index is 1.40. The number of hydrogen-bond donors (Lipinski definition) is 3. The molecule has 3 N–H and O–H groups in total. The molecule has 1 fully saturated rings. The van der Waals surface area contributed by atoms with Gasteiger partial charge in [0.15, 0.2) is 0 Å². The highest BCUT2D eigenvalue weighted by Crippen LogP contribution is 2.31. The Hall–Kier alpha value is -3.39. The van der Waals surface area contributed by atoms with Crippen molar-refractivity contribution in [2.75, 3.05) is 38.2 Å². The Morgan fingerprint density at radius 1 is 1.10 bits per heavy atom. The van der Waals surface area contributed by atoms with E-state index < -0.39 is 5.97 Å². The smallest absolute Gasteiger partial charge is 0.303 e. The summed E-state index contributed by atoms with van der Waals surface area (Å²) in [6.07, 6.45) is 0.658. The average molecular weight is 423 g/mol. The summed E-state index contributed by atoms with van der Waals surface area (Å²) in [5.74, 6) is -0.00775. The molecule has 0 saturated carbocycles. The molecule has 2 heterocycles. The number of fused-ring (bicyclic) bond motifs is 1. The summed E-state index contributed by atoms with van der Waals surface area (Å²) in [5.41, 5.74) is 2.78. The molecule has 0 radical (unpaired) electrons. The van der Waals surface area contributed by atoms with Crippen molar-refractivity contribution in [3.63, 3.8) is 0 Å². The van der Waals surface area contributed by atoms with Crippen LogP contribution in [0.4, 0.5) is 5.69 Å². The molecule has 1 unspecified atom stereocenters. The van der Waals surface area contributed by atoms with Crippen LogP contribution in [0.1, 0.15) is 27.9 Å². The van der Waals surface area contributed by atoms with E-state index in [0.717, 1.165) is 16.9 Å². The maximum absolute atomic E-state index is 12.7. The van der Waals surface area contributed by atoms with Crippen LogP contribution >= 0.6 is 0 Å². The highest BCUT2D eigenvalue weighted by Gasteiger charge is 2.23. The van der Waals surface area contributed by atoms with Crippen LogP contribution < -0.4 is 10.1 Å². The Morgan fingerprint density at radius 3 is 2.52 bits per heavy atom. The molecule has 0 aromatic heterocycles. The number of carbonyl (C=O) groups excluding carboxylic acids is 1. The normalized spacial score (nSPS) is 17.9. The largest absolute Gasteiger partial charge is 0.493 e. The SMILES string of the molecule is N=C(c1ccc(C(=O)Nc2ccc3c(c2)CC(CC(=O)O)CO3)cc1)N1CCOCC1. The first-order valence-electron chi connectivity index (χ1n) is 10.3. The lowest BCUT2D eigenvalue weighted by molar-refractivity contribution is -0.138. The van der Waals surface area contributed by atoms with E-state index >= 15 is 0 Å². The van der Waals surface area contributed by atoms with Crippen molar-refractivity contribution in [1.82, 2.24) is 4.90 Å². The Kier molecular flexibility index (Phi) is 6.18. The monoisotopic (exact) mass is 423 g/mol. The second kappa shape index (κ2) is 9.18. The van der Waals surface area contributed by atoms with Crippen molar-refractivity contribution in [1.29, 1.82) is 5.41 Å². The minimum atomic E-state index is -0.841. The van der Waals surface area contributed by atoms with Gasteiger partial charge in [-0.2, -0.15) is 0 Å². The third-order valence-electron chi connectivity index (χ3n) is 5.51. The van der Waals surface area contributed by atoms with Crippen LogP contribution in [0.2, 0.25) is 0 Å². The maximum atomic E-state index is 12.7. The van der Waals surface area contributed by atoms with Gasteiger partial charge in [0.1, 0.15) is 11.6 Å².